The summed E-state index contributed by atoms with van der Waals surface area (Å²) >= 11 is 0. The molecule has 0 fully saturated rings. The highest BCUT2D eigenvalue weighted by atomic mass is 16.6. The molecule has 0 unspecified atom stereocenters. The average molecular weight is 370 g/mol. The molecular weight excluding hydrogens is 356 g/mol. The van der Waals surface area contributed by atoms with Gasteiger partial charge in [0.1, 0.15) is 0 Å². The van der Waals surface area contributed by atoms with E-state index in [0.717, 1.165) is 33.0 Å². The number of nitro groups is 2. The lowest BCUT2D eigenvalue weighted by molar-refractivity contribution is -0.385. The van der Waals surface area contributed by atoms with Gasteiger partial charge >= 0.3 is 0 Å². The Kier molecular flexibility index (Phi) is 4.29. The van der Waals surface area contributed by atoms with E-state index in [0.29, 0.717) is 0 Å². The Morgan fingerprint density at radius 1 is 0.464 bits per heavy atom. The lowest BCUT2D eigenvalue weighted by Gasteiger charge is -2.07. The molecule has 4 aromatic carbocycles. The van der Waals surface area contributed by atoms with Gasteiger partial charge in [-0.05, 0) is 69.4 Å². The molecule has 0 spiro atoms. The van der Waals surface area contributed by atoms with Gasteiger partial charge in [-0.1, -0.05) is 24.3 Å². The monoisotopic (exact) mass is 370 g/mol. The van der Waals surface area contributed by atoms with Crippen molar-refractivity contribution in [2.75, 3.05) is 0 Å². The van der Waals surface area contributed by atoms with Crippen molar-refractivity contribution in [3.8, 4) is 22.3 Å². The average Bonchev–Trinajstić information content (AvgIpc) is 2.73. The maximum absolute atomic E-state index is 10.8. The quantitative estimate of drug-likeness (QED) is 0.326. The molecule has 6 heteroatoms. The zero-order valence-electron chi connectivity index (χ0n) is 14.6. The highest BCUT2D eigenvalue weighted by molar-refractivity contribution is 5.91. The van der Waals surface area contributed by atoms with Crippen LogP contribution in [0.3, 0.4) is 0 Å². The summed E-state index contributed by atoms with van der Waals surface area (Å²) in [6, 6.07) is 25.0. The van der Waals surface area contributed by atoms with Crippen LogP contribution in [0, 0.1) is 20.2 Å². The Morgan fingerprint density at radius 3 is 1.18 bits per heavy atom. The maximum atomic E-state index is 10.8. The standard InChI is InChI=1S/C22H14N2O4/c25-23(26)21-9-5-15(6-10-21)18-3-1-17-2-4-19(14-20(17)13-18)16-7-11-22(12-8-16)24(27)28/h1-14H. The molecule has 0 aromatic heterocycles. The van der Waals surface area contributed by atoms with E-state index < -0.39 is 9.85 Å². The second-order valence-corrected chi connectivity index (χ2v) is 6.38. The molecule has 0 aliphatic heterocycles. The number of nitro benzene ring substituents is 2. The van der Waals surface area contributed by atoms with Crippen LogP contribution in [0.15, 0.2) is 84.9 Å². The fraction of sp³-hybridized carbons (Fsp3) is 0. The molecule has 0 saturated heterocycles. The summed E-state index contributed by atoms with van der Waals surface area (Å²) in [6.07, 6.45) is 0. The number of hydrogen-bond donors (Lipinski definition) is 0. The van der Waals surface area contributed by atoms with Gasteiger partial charge in [-0.2, -0.15) is 0 Å². The van der Waals surface area contributed by atoms with Crippen molar-refractivity contribution < 1.29 is 9.85 Å². The van der Waals surface area contributed by atoms with E-state index in [1.807, 2.05) is 36.4 Å². The van der Waals surface area contributed by atoms with Crippen molar-refractivity contribution in [3.63, 3.8) is 0 Å². The predicted octanol–water partition coefficient (Wildman–Crippen LogP) is 5.99. The molecule has 0 N–H and O–H groups in total. The van der Waals surface area contributed by atoms with Crippen molar-refractivity contribution in [2.24, 2.45) is 0 Å². The second-order valence-electron chi connectivity index (χ2n) is 6.38. The van der Waals surface area contributed by atoms with Crippen LogP contribution in [0.2, 0.25) is 0 Å². The molecule has 0 radical (unpaired) electrons. The van der Waals surface area contributed by atoms with Crippen LogP contribution in [0.25, 0.3) is 33.0 Å². The summed E-state index contributed by atoms with van der Waals surface area (Å²) in [5.74, 6) is 0. The minimum absolute atomic E-state index is 0.0602. The first kappa shape index (κ1) is 17.4. The summed E-state index contributed by atoms with van der Waals surface area (Å²) in [5, 5.41) is 23.7. The molecule has 4 rings (SSSR count). The zero-order valence-corrected chi connectivity index (χ0v) is 14.6. The van der Waals surface area contributed by atoms with Crippen LogP contribution in [0.1, 0.15) is 0 Å². The number of benzene rings is 4. The third kappa shape index (κ3) is 3.31. The predicted molar refractivity (Wildman–Crippen MR) is 108 cm³/mol. The first-order valence-electron chi connectivity index (χ1n) is 8.55. The topological polar surface area (TPSA) is 86.3 Å². The summed E-state index contributed by atoms with van der Waals surface area (Å²) < 4.78 is 0. The van der Waals surface area contributed by atoms with Gasteiger partial charge in [-0.3, -0.25) is 20.2 Å². The summed E-state index contributed by atoms with van der Waals surface area (Å²) in [4.78, 5) is 20.8. The molecule has 4 aromatic rings. The number of hydrogen-bond acceptors (Lipinski definition) is 4. The Balaban J connectivity index is 1.72. The van der Waals surface area contributed by atoms with E-state index in [1.54, 1.807) is 24.3 Å². The lowest BCUT2D eigenvalue weighted by Crippen LogP contribution is -1.88. The highest BCUT2D eigenvalue weighted by Crippen LogP contribution is 2.30. The van der Waals surface area contributed by atoms with Gasteiger partial charge in [-0.25, -0.2) is 0 Å². The van der Waals surface area contributed by atoms with Gasteiger partial charge in [0.25, 0.3) is 11.4 Å². The number of fused-ring (bicyclic) bond motifs is 1. The smallest absolute Gasteiger partial charge is 0.258 e. The third-order valence-corrected chi connectivity index (χ3v) is 4.66. The third-order valence-electron chi connectivity index (χ3n) is 4.66. The van der Waals surface area contributed by atoms with Gasteiger partial charge in [0.15, 0.2) is 0 Å². The maximum Gasteiger partial charge on any atom is 0.269 e. The van der Waals surface area contributed by atoms with E-state index >= 15 is 0 Å². The van der Waals surface area contributed by atoms with Crippen molar-refractivity contribution in [1.82, 2.24) is 0 Å². The van der Waals surface area contributed by atoms with Crippen LogP contribution in [0.5, 0.6) is 0 Å². The van der Waals surface area contributed by atoms with E-state index in [2.05, 4.69) is 0 Å². The van der Waals surface area contributed by atoms with Crippen molar-refractivity contribution in [1.29, 1.82) is 0 Å². The van der Waals surface area contributed by atoms with Crippen LogP contribution >= 0.6 is 0 Å². The highest BCUT2D eigenvalue weighted by Gasteiger charge is 2.08. The van der Waals surface area contributed by atoms with Gasteiger partial charge in [-0.15, -0.1) is 0 Å². The number of non-ortho nitro benzene ring substituents is 2. The molecule has 6 nitrogen and oxygen atoms in total. The van der Waals surface area contributed by atoms with Crippen molar-refractivity contribution in [2.45, 2.75) is 0 Å². The van der Waals surface area contributed by atoms with Gasteiger partial charge in [0, 0.05) is 24.3 Å². The molecular formula is C22H14N2O4. The molecule has 0 aliphatic carbocycles. The van der Waals surface area contributed by atoms with Crippen molar-refractivity contribution >= 4 is 22.1 Å². The first-order chi connectivity index (χ1) is 13.5. The molecule has 136 valence electrons. The number of rotatable bonds is 4. The molecule has 28 heavy (non-hydrogen) atoms. The van der Waals surface area contributed by atoms with Gasteiger partial charge in [0.2, 0.25) is 0 Å². The Hall–Kier alpha value is -4.06. The van der Waals surface area contributed by atoms with E-state index in [1.165, 1.54) is 24.3 Å². The van der Waals surface area contributed by atoms with E-state index in [4.69, 9.17) is 0 Å². The fourth-order valence-electron chi connectivity index (χ4n) is 3.16. The molecule has 0 saturated carbocycles. The van der Waals surface area contributed by atoms with E-state index in [9.17, 15) is 20.2 Å². The first-order valence-corrected chi connectivity index (χ1v) is 8.55. The normalized spacial score (nSPS) is 10.7. The second kappa shape index (κ2) is 6.92. The largest absolute Gasteiger partial charge is 0.269 e. The Bertz CT molecular complexity index is 1110. The SMILES string of the molecule is O=[N+]([O-])c1ccc(-c2ccc3ccc(-c4ccc([N+](=O)[O-])cc4)cc3c2)cc1. The number of nitrogens with zero attached hydrogens (tertiary/aromatic N) is 2. The van der Waals surface area contributed by atoms with Gasteiger partial charge < -0.3 is 0 Å². The summed E-state index contributed by atoms with van der Waals surface area (Å²) in [6.45, 7) is 0. The molecule has 0 atom stereocenters. The molecule has 0 aliphatic rings. The minimum atomic E-state index is -0.416. The minimum Gasteiger partial charge on any atom is -0.258 e. The van der Waals surface area contributed by atoms with Crippen LogP contribution in [-0.4, -0.2) is 9.85 Å². The van der Waals surface area contributed by atoms with Crippen LogP contribution < -0.4 is 0 Å². The lowest BCUT2D eigenvalue weighted by atomic mass is 9.97. The summed E-state index contributed by atoms with van der Waals surface area (Å²) in [7, 11) is 0. The molecule has 0 amide bonds. The molecule has 0 bridgehead atoms. The van der Waals surface area contributed by atoms with E-state index in [-0.39, 0.29) is 11.4 Å². The fourth-order valence-corrected chi connectivity index (χ4v) is 3.16. The van der Waals surface area contributed by atoms with Crippen LogP contribution in [-0.2, 0) is 0 Å². The summed E-state index contributed by atoms with van der Waals surface area (Å²) in [5.41, 5.74) is 3.84. The van der Waals surface area contributed by atoms with Crippen molar-refractivity contribution in [3.05, 3.63) is 105 Å². The molecule has 0 heterocycles. The Labute approximate surface area is 160 Å². The zero-order chi connectivity index (χ0) is 19.7. The van der Waals surface area contributed by atoms with Crippen LogP contribution in [0.4, 0.5) is 11.4 Å². The van der Waals surface area contributed by atoms with Gasteiger partial charge in [0.05, 0.1) is 9.85 Å². The Morgan fingerprint density at radius 2 is 0.821 bits per heavy atom.